The standard InChI is InChI=1S/C10H15NO/c1-9(12)8-11(2)10-6-4-3-5-7-10/h3-7,9,12H,8H2,1-2H3/t9-/m0/s1. The highest BCUT2D eigenvalue weighted by molar-refractivity contribution is 5.44. The van der Waals surface area contributed by atoms with E-state index in [1.807, 2.05) is 42.3 Å². The van der Waals surface area contributed by atoms with Gasteiger partial charge in [0.1, 0.15) is 0 Å². The quantitative estimate of drug-likeness (QED) is 0.733. The minimum Gasteiger partial charge on any atom is -0.392 e. The fourth-order valence-electron chi connectivity index (χ4n) is 1.18. The minimum absolute atomic E-state index is 0.282. The van der Waals surface area contributed by atoms with Gasteiger partial charge in [-0.05, 0) is 19.1 Å². The molecule has 0 aliphatic heterocycles. The van der Waals surface area contributed by atoms with Gasteiger partial charge in [0, 0.05) is 19.3 Å². The first-order valence-corrected chi connectivity index (χ1v) is 4.14. The molecule has 2 heteroatoms. The van der Waals surface area contributed by atoms with Gasteiger partial charge in [0.05, 0.1) is 6.10 Å². The van der Waals surface area contributed by atoms with Crippen LogP contribution in [0.15, 0.2) is 30.3 Å². The van der Waals surface area contributed by atoms with E-state index >= 15 is 0 Å². The Labute approximate surface area is 73.4 Å². The van der Waals surface area contributed by atoms with Crippen molar-refractivity contribution in [2.24, 2.45) is 0 Å². The second kappa shape index (κ2) is 4.12. The van der Waals surface area contributed by atoms with Gasteiger partial charge < -0.3 is 10.0 Å². The lowest BCUT2D eigenvalue weighted by Crippen LogP contribution is -2.26. The van der Waals surface area contributed by atoms with Crippen molar-refractivity contribution in [3.8, 4) is 0 Å². The van der Waals surface area contributed by atoms with Gasteiger partial charge in [0.25, 0.3) is 0 Å². The number of anilines is 1. The van der Waals surface area contributed by atoms with Gasteiger partial charge >= 0.3 is 0 Å². The van der Waals surface area contributed by atoms with Crippen LogP contribution in [0.2, 0.25) is 0 Å². The zero-order valence-corrected chi connectivity index (χ0v) is 7.57. The van der Waals surface area contributed by atoms with Crippen LogP contribution in [0.1, 0.15) is 6.92 Å². The Hall–Kier alpha value is -1.02. The van der Waals surface area contributed by atoms with E-state index in [2.05, 4.69) is 0 Å². The summed E-state index contributed by atoms with van der Waals surface area (Å²) in [5.74, 6) is 0. The Morgan fingerprint density at radius 1 is 1.33 bits per heavy atom. The molecule has 1 rings (SSSR count). The SMILES string of the molecule is C[C@H](O)CN(C)c1ccccc1. The highest BCUT2D eigenvalue weighted by Gasteiger charge is 2.02. The maximum absolute atomic E-state index is 9.14. The van der Waals surface area contributed by atoms with E-state index in [-0.39, 0.29) is 6.10 Å². The van der Waals surface area contributed by atoms with Crippen LogP contribution < -0.4 is 4.90 Å². The van der Waals surface area contributed by atoms with E-state index in [0.717, 1.165) is 5.69 Å². The molecule has 12 heavy (non-hydrogen) atoms. The molecule has 0 saturated carbocycles. The van der Waals surface area contributed by atoms with E-state index in [0.29, 0.717) is 6.54 Å². The van der Waals surface area contributed by atoms with Crippen molar-refractivity contribution in [3.05, 3.63) is 30.3 Å². The molecule has 0 unspecified atom stereocenters. The summed E-state index contributed by atoms with van der Waals surface area (Å²) in [4.78, 5) is 2.03. The van der Waals surface area contributed by atoms with Gasteiger partial charge in [-0.25, -0.2) is 0 Å². The Balaban J connectivity index is 2.59. The minimum atomic E-state index is -0.282. The molecule has 0 aromatic heterocycles. The highest BCUT2D eigenvalue weighted by Crippen LogP contribution is 2.10. The Morgan fingerprint density at radius 2 is 1.92 bits per heavy atom. The molecule has 1 atom stereocenters. The number of likely N-dealkylation sites (N-methyl/N-ethyl adjacent to an activating group) is 1. The highest BCUT2D eigenvalue weighted by atomic mass is 16.3. The van der Waals surface area contributed by atoms with Crippen LogP contribution in [-0.2, 0) is 0 Å². The molecule has 0 bridgehead atoms. The molecule has 1 N–H and O–H groups in total. The molecular formula is C10H15NO. The molecule has 0 fully saturated rings. The fraction of sp³-hybridized carbons (Fsp3) is 0.400. The lowest BCUT2D eigenvalue weighted by atomic mass is 10.3. The zero-order chi connectivity index (χ0) is 8.97. The second-order valence-electron chi connectivity index (χ2n) is 3.07. The normalized spacial score (nSPS) is 12.6. The van der Waals surface area contributed by atoms with E-state index in [4.69, 9.17) is 5.11 Å². The maximum Gasteiger partial charge on any atom is 0.0686 e. The van der Waals surface area contributed by atoms with Crippen LogP contribution in [0, 0.1) is 0 Å². The van der Waals surface area contributed by atoms with Crippen molar-refractivity contribution in [2.45, 2.75) is 13.0 Å². The van der Waals surface area contributed by atoms with Crippen LogP contribution in [0.4, 0.5) is 5.69 Å². The van der Waals surface area contributed by atoms with Crippen LogP contribution in [-0.4, -0.2) is 24.8 Å². The summed E-state index contributed by atoms with van der Waals surface area (Å²) in [6.45, 7) is 2.46. The maximum atomic E-state index is 9.14. The smallest absolute Gasteiger partial charge is 0.0686 e. The number of benzene rings is 1. The molecule has 0 spiro atoms. The van der Waals surface area contributed by atoms with Crippen molar-refractivity contribution >= 4 is 5.69 Å². The summed E-state index contributed by atoms with van der Waals surface area (Å²) >= 11 is 0. The monoisotopic (exact) mass is 165 g/mol. The average Bonchev–Trinajstić information content (AvgIpc) is 2.05. The van der Waals surface area contributed by atoms with E-state index in [1.54, 1.807) is 6.92 Å². The van der Waals surface area contributed by atoms with Gasteiger partial charge in [-0.15, -0.1) is 0 Å². The summed E-state index contributed by atoms with van der Waals surface area (Å²) in [6.07, 6.45) is -0.282. The summed E-state index contributed by atoms with van der Waals surface area (Å²) in [5, 5.41) is 9.14. The summed E-state index contributed by atoms with van der Waals surface area (Å²) in [6, 6.07) is 10.0. The van der Waals surface area contributed by atoms with E-state index < -0.39 is 0 Å². The lowest BCUT2D eigenvalue weighted by molar-refractivity contribution is 0.201. The van der Waals surface area contributed by atoms with Crippen LogP contribution >= 0.6 is 0 Å². The molecule has 0 saturated heterocycles. The van der Waals surface area contributed by atoms with E-state index in [9.17, 15) is 0 Å². The van der Waals surface area contributed by atoms with Crippen LogP contribution in [0.5, 0.6) is 0 Å². The molecule has 2 nitrogen and oxygen atoms in total. The van der Waals surface area contributed by atoms with Crippen LogP contribution in [0.3, 0.4) is 0 Å². The second-order valence-corrected chi connectivity index (χ2v) is 3.07. The van der Waals surface area contributed by atoms with Gasteiger partial charge in [-0.2, -0.15) is 0 Å². The van der Waals surface area contributed by atoms with Crippen molar-refractivity contribution < 1.29 is 5.11 Å². The molecule has 0 amide bonds. The molecule has 0 aliphatic rings. The average molecular weight is 165 g/mol. The first-order valence-electron chi connectivity index (χ1n) is 4.14. The van der Waals surface area contributed by atoms with Crippen molar-refractivity contribution in [3.63, 3.8) is 0 Å². The first kappa shape index (κ1) is 9.07. The van der Waals surface area contributed by atoms with Crippen LogP contribution in [0.25, 0.3) is 0 Å². The molecule has 1 aromatic carbocycles. The zero-order valence-electron chi connectivity index (χ0n) is 7.57. The molecule has 1 aromatic rings. The predicted molar refractivity (Wildman–Crippen MR) is 51.4 cm³/mol. The Kier molecular flexibility index (Phi) is 3.11. The topological polar surface area (TPSA) is 23.5 Å². The third kappa shape index (κ3) is 2.55. The number of hydrogen-bond acceptors (Lipinski definition) is 2. The third-order valence-electron chi connectivity index (χ3n) is 1.74. The summed E-state index contributed by atoms with van der Waals surface area (Å²) in [7, 11) is 1.97. The molecule has 0 heterocycles. The van der Waals surface area contributed by atoms with Crippen molar-refractivity contribution in [2.75, 3.05) is 18.5 Å². The Morgan fingerprint density at radius 3 is 2.42 bits per heavy atom. The number of nitrogens with zero attached hydrogens (tertiary/aromatic N) is 1. The number of para-hydroxylation sites is 1. The summed E-state index contributed by atoms with van der Waals surface area (Å²) < 4.78 is 0. The summed E-state index contributed by atoms with van der Waals surface area (Å²) in [5.41, 5.74) is 1.14. The number of rotatable bonds is 3. The van der Waals surface area contributed by atoms with Gasteiger partial charge in [-0.3, -0.25) is 0 Å². The van der Waals surface area contributed by atoms with Gasteiger partial charge in [0.2, 0.25) is 0 Å². The van der Waals surface area contributed by atoms with Gasteiger partial charge in [0.15, 0.2) is 0 Å². The lowest BCUT2D eigenvalue weighted by Gasteiger charge is -2.20. The first-order chi connectivity index (χ1) is 5.70. The van der Waals surface area contributed by atoms with Crippen molar-refractivity contribution in [1.82, 2.24) is 0 Å². The number of hydrogen-bond donors (Lipinski definition) is 1. The third-order valence-corrected chi connectivity index (χ3v) is 1.74. The van der Waals surface area contributed by atoms with Crippen molar-refractivity contribution in [1.29, 1.82) is 0 Å². The van der Waals surface area contributed by atoms with E-state index in [1.165, 1.54) is 0 Å². The molecule has 66 valence electrons. The molecule has 0 radical (unpaired) electrons. The molecule has 0 aliphatic carbocycles. The number of aliphatic hydroxyl groups is 1. The Bertz CT molecular complexity index is 221. The predicted octanol–water partition coefficient (Wildman–Crippen LogP) is 1.50. The van der Waals surface area contributed by atoms with Gasteiger partial charge in [-0.1, -0.05) is 18.2 Å². The molecular weight excluding hydrogens is 150 g/mol. The largest absolute Gasteiger partial charge is 0.392 e. The number of aliphatic hydroxyl groups excluding tert-OH is 1. The fourth-order valence-corrected chi connectivity index (χ4v) is 1.18.